The van der Waals surface area contributed by atoms with Crippen molar-refractivity contribution in [3.05, 3.63) is 29.3 Å². The lowest BCUT2D eigenvalue weighted by Gasteiger charge is -2.18. The minimum atomic E-state index is 0.604. The summed E-state index contributed by atoms with van der Waals surface area (Å²) in [4.78, 5) is 4.56. The molecule has 1 aliphatic heterocycles. The van der Waals surface area contributed by atoms with Gasteiger partial charge in [-0.25, -0.2) is 4.98 Å². The van der Waals surface area contributed by atoms with Gasteiger partial charge in [-0.1, -0.05) is 0 Å². The highest BCUT2D eigenvalue weighted by Crippen LogP contribution is 2.35. The Balaban J connectivity index is 1.91. The molecule has 3 rings (SSSR count). The highest BCUT2D eigenvalue weighted by Gasteiger charge is 2.13. The van der Waals surface area contributed by atoms with Crippen molar-refractivity contribution in [1.29, 1.82) is 0 Å². The van der Waals surface area contributed by atoms with E-state index in [-0.39, 0.29) is 0 Å². The lowest BCUT2D eigenvalue weighted by Crippen LogP contribution is -2.15. The molecule has 0 unspecified atom stereocenters. The first-order valence-electron chi connectivity index (χ1n) is 5.91. The van der Waals surface area contributed by atoms with Crippen molar-refractivity contribution in [2.45, 2.75) is 6.42 Å². The van der Waals surface area contributed by atoms with Gasteiger partial charge in [-0.3, -0.25) is 0 Å². The fourth-order valence-electron chi connectivity index (χ4n) is 1.88. The lowest BCUT2D eigenvalue weighted by atomic mass is 10.2. The average molecular weight is 262 g/mol. The van der Waals surface area contributed by atoms with E-state index in [0.717, 1.165) is 34.2 Å². The number of hydrogen-bond donors (Lipinski definition) is 1. The van der Waals surface area contributed by atoms with Gasteiger partial charge in [0.1, 0.15) is 18.2 Å². The van der Waals surface area contributed by atoms with Gasteiger partial charge in [-0.2, -0.15) is 0 Å². The fraction of sp³-hybridized carbons (Fsp3) is 0.308. The van der Waals surface area contributed by atoms with Gasteiger partial charge in [0.15, 0.2) is 11.5 Å². The topological polar surface area (TPSA) is 57.4 Å². The minimum absolute atomic E-state index is 0.604. The highest BCUT2D eigenvalue weighted by molar-refractivity contribution is 7.13. The summed E-state index contributed by atoms with van der Waals surface area (Å²) in [6.45, 7) is 1.85. The molecule has 4 nitrogen and oxygen atoms in total. The van der Waals surface area contributed by atoms with Crippen LogP contribution in [-0.2, 0) is 6.42 Å². The number of rotatable bonds is 3. The maximum Gasteiger partial charge on any atom is 0.162 e. The standard InChI is InChI=1S/C13H14N2O2S/c14-4-3-10-8-18-13(15-10)9-1-2-11-12(7-9)17-6-5-16-11/h1-2,7-8H,3-6,14H2. The molecular weight excluding hydrogens is 248 g/mol. The average Bonchev–Trinajstić information content (AvgIpc) is 2.87. The van der Waals surface area contributed by atoms with Crippen LogP contribution >= 0.6 is 11.3 Å². The zero-order valence-electron chi connectivity index (χ0n) is 9.89. The van der Waals surface area contributed by atoms with Crippen molar-refractivity contribution < 1.29 is 9.47 Å². The molecule has 1 aromatic heterocycles. The molecule has 0 amide bonds. The first-order valence-corrected chi connectivity index (χ1v) is 6.79. The predicted octanol–water partition coefficient (Wildman–Crippen LogP) is 2.08. The molecule has 1 aromatic carbocycles. The van der Waals surface area contributed by atoms with E-state index in [1.54, 1.807) is 11.3 Å². The number of nitrogens with two attached hydrogens (primary N) is 1. The Bertz CT molecular complexity index is 554. The summed E-state index contributed by atoms with van der Waals surface area (Å²) in [6.07, 6.45) is 0.820. The van der Waals surface area contributed by atoms with Crippen LogP contribution < -0.4 is 15.2 Å². The lowest BCUT2D eigenvalue weighted by molar-refractivity contribution is 0.171. The zero-order chi connectivity index (χ0) is 12.4. The van der Waals surface area contributed by atoms with Crippen LogP contribution in [0.25, 0.3) is 10.6 Å². The molecule has 2 N–H and O–H groups in total. The van der Waals surface area contributed by atoms with Gasteiger partial charge >= 0.3 is 0 Å². The third-order valence-electron chi connectivity index (χ3n) is 2.74. The monoisotopic (exact) mass is 262 g/mol. The van der Waals surface area contributed by atoms with Crippen LogP contribution in [0.1, 0.15) is 5.69 Å². The zero-order valence-corrected chi connectivity index (χ0v) is 10.7. The van der Waals surface area contributed by atoms with Crippen LogP contribution in [0.15, 0.2) is 23.6 Å². The van der Waals surface area contributed by atoms with E-state index in [9.17, 15) is 0 Å². The molecule has 94 valence electrons. The second kappa shape index (κ2) is 4.96. The molecular formula is C13H14N2O2S. The molecule has 0 aliphatic carbocycles. The maximum absolute atomic E-state index is 5.57. The summed E-state index contributed by atoms with van der Waals surface area (Å²) >= 11 is 1.63. The summed E-state index contributed by atoms with van der Waals surface area (Å²) in [5, 5.41) is 3.05. The minimum Gasteiger partial charge on any atom is -0.486 e. The smallest absolute Gasteiger partial charge is 0.162 e. The van der Waals surface area contributed by atoms with Crippen molar-refractivity contribution in [3.63, 3.8) is 0 Å². The first-order chi connectivity index (χ1) is 8.86. The molecule has 0 bridgehead atoms. The van der Waals surface area contributed by atoms with Crippen LogP contribution in [0, 0.1) is 0 Å². The van der Waals surface area contributed by atoms with E-state index in [1.165, 1.54) is 0 Å². The van der Waals surface area contributed by atoms with Crippen LogP contribution in [0.4, 0.5) is 0 Å². The quantitative estimate of drug-likeness (QED) is 0.920. The Kier molecular flexibility index (Phi) is 3.17. The molecule has 0 spiro atoms. The van der Waals surface area contributed by atoms with Crippen molar-refractivity contribution >= 4 is 11.3 Å². The molecule has 1 aliphatic rings. The van der Waals surface area contributed by atoms with E-state index in [1.807, 2.05) is 18.2 Å². The molecule has 5 heteroatoms. The molecule has 0 saturated heterocycles. The Morgan fingerprint density at radius 3 is 2.89 bits per heavy atom. The van der Waals surface area contributed by atoms with Gasteiger partial charge < -0.3 is 15.2 Å². The molecule has 2 heterocycles. The van der Waals surface area contributed by atoms with Gasteiger partial charge in [0.2, 0.25) is 0 Å². The number of ether oxygens (including phenoxy) is 2. The molecule has 0 saturated carbocycles. The number of aromatic nitrogens is 1. The molecule has 2 aromatic rings. The van der Waals surface area contributed by atoms with Gasteiger partial charge in [0, 0.05) is 17.4 Å². The van der Waals surface area contributed by atoms with E-state index >= 15 is 0 Å². The number of benzene rings is 1. The fourth-order valence-corrected chi connectivity index (χ4v) is 2.73. The van der Waals surface area contributed by atoms with Crippen LogP contribution in [-0.4, -0.2) is 24.7 Å². The molecule has 0 atom stereocenters. The van der Waals surface area contributed by atoms with Crippen molar-refractivity contribution in [3.8, 4) is 22.1 Å². The van der Waals surface area contributed by atoms with Gasteiger partial charge in [-0.05, 0) is 24.7 Å². The Labute approximate surface area is 109 Å². The number of nitrogens with zero attached hydrogens (tertiary/aromatic N) is 1. The summed E-state index contributed by atoms with van der Waals surface area (Å²) in [7, 11) is 0. The molecule has 0 fully saturated rings. The van der Waals surface area contributed by atoms with E-state index in [4.69, 9.17) is 15.2 Å². The summed E-state index contributed by atoms with van der Waals surface area (Å²) in [5.74, 6) is 1.61. The SMILES string of the molecule is NCCc1csc(-c2ccc3c(c2)OCCO3)n1. The van der Waals surface area contributed by atoms with Crippen LogP contribution in [0.2, 0.25) is 0 Å². The van der Waals surface area contributed by atoms with E-state index < -0.39 is 0 Å². The van der Waals surface area contributed by atoms with Gasteiger partial charge in [-0.15, -0.1) is 11.3 Å². The van der Waals surface area contributed by atoms with Crippen molar-refractivity contribution in [2.24, 2.45) is 5.73 Å². The first kappa shape index (κ1) is 11.5. The Morgan fingerprint density at radius 1 is 1.22 bits per heavy atom. The van der Waals surface area contributed by atoms with Crippen LogP contribution in [0.5, 0.6) is 11.5 Å². The number of hydrogen-bond acceptors (Lipinski definition) is 5. The van der Waals surface area contributed by atoms with Gasteiger partial charge in [0.25, 0.3) is 0 Å². The third-order valence-corrected chi connectivity index (χ3v) is 3.68. The van der Waals surface area contributed by atoms with E-state index in [2.05, 4.69) is 10.4 Å². The second-order valence-corrected chi connectivity index (χ2v) is 4.90. The maximum atomic E-state index is 5.57. The second-order valence-electron chi connectivity index (χ2n) is 4.04. The summed E-state index contributed by atoms with van der Waals surface area (Å²) < 4.78 is 11.1. The molecule has 18 heavy (non-hydrogen) atoms. The van der Waals surface area contributed by atoms with Crippen molar-refractivity contribution in [2.75, 3.05) is 19.8 Å². The largest absolute Gasteiger partial charge is 0.486 e. The van der Waals surface area contributed by atoms with E-state index in [0.29, 0.717) is 19.8 Å². The Hall–Kier alpha value is -1.59. The number of fused-ring (bicyclic) bond motifs is 1. The molecule has 0 radical (unpaired) electrons. The highest BCUT2D eigenvalue weighted by atomic mass is 32.1. The number of thiazole rings is 1. The normalized spacial score (nSPS) is 13.6. The summed E-state index contributed by atoms with van der Waals surface area (Å²) in [5.41, 5.74) is 7.64. The van der Waals surface area contributed by atoms with Gasteiger partial charge in [0.05, 0.1) is 5.69 Å². The summed E-state index contributed by atoms with van der Waals surface area (Å²) in [6, 6.07) is 5.94. The predicted molar refractivity (Wildman–Crippen MR) is 71.3 cm³/mol. The van der Waals surface area contributed by atoms with Crippen LogP contribution in [0.3, 0.4) is 0 Å². The Morgan fingerprint density at radius 2 is 2.06 bits per heavy atom. The third kappa shape index (κ3) is 2.19. The van der Waals surface area contributed by atoms with Crippen molar-refractivity contribution in [1.82, 2.24) is 4.98 Å².